The van der Waals surface area contributed by atoms with E-state index in [9.17, 15) is 14.7 Å². The monoisotopic (exact) mass is 427 g/mol. The number of aliphatic hydroxyl groups is 1. The molecular weight excluding hydrogens is 402 g/mol. The van der Waals surface area contributed by atoms with Crippen LogP contribution in [-0.4, -0.2) is 41.0 Å². The lowest BCUT2D eigenvalue weighted by Crippen LogP contribution is -2.36. The third kappa shape index (κ3) is 3.59. The maximum Gasteiger partial charge on any atom is 0.295 e. The van der Waals surface area contributed by atoms with Crippen molar-refractivity contribution < 1.29 is 19.4 Å². The second-order valence-corrected chi connectivity index (χ2v) is 8.56. The number of amides is 1. The Labute approximate surface area is 186 Å². The second kappa shape index (κ2) is 8.24. The first-order valence-corrected chi connectivity index (χ1v) is 11.0. The fourth-order valence-corrected chi connectivity index (χ4v) is 4.75. The zero-order chi connectivity index (χ0) is 22.2. The van der Waals surface area contributed by atoms with Crippen LogP contribution < -0.4 is 0 Å². The molecule has 2 saturated heterocycles. The molecule has 5 nitrogen and oxygen atoms in total. The molecule has 2 atom stereocenters. The molecule has 0 spiro atoms. The van der Waals surface area contributed by atoms with Gasteiger partial charge in [0.05, 0.1) is 17.7 Å². The quantitative estimate of drug-likeness (QED) is 0.371. The molecule has 2 unspecified atom stereocenters. The maximum absolute atomic E-state index is 13.2. The number of ether oxygens (including phenoxy) is 1. The zero-order valence-electron chi connectivity index (χ0n) is 18.0. The number of hydrogen-bond acceptors (Lipinski definition) is 4. The summed E-state index contributed by atoms with van der Waals surface area (Å²) in [5.74, 6) is -1.38. The van der Waals surface area contributed by atoms with Gasteiger partial charge in [0.2, 0.25) is 0 Å². The number of carbonyl (C=O) groups excluding carboxylic acids is 2. The lowest BCUT2D eigenvalue weighted by molar-refractivity contribution is -0.140. The van der Waals surface area contributed by atoms with Gasteiger partial charge in [-0.3, -0.25) is 9.59 Å². The van der Waals surface area contributed by atoms with E-state index in [0.29, 0.717) is 18.7 Å². The van der Waals surface area contributed by atoms with Crippen molar-refractivity contribution in [3.8, 4) is 0 Å². The van der Waals surface area contributed by atoms with Crippen molar-refractivity contribution >= 4 is 28.2 Å². The number of rotatable bonds is 4. The van der Waals surface area contributed by atoms with Gasteiger partial charge in [-0.2, -0.15) is 0 Å². The minimum Gasteiger partial charge on any atom is -0.507 e. The van der Waals surface area contributed by atoms with Gasteiger partial charge >= 0.3 is 0 Å². The van der Waals surface area contributed by atoms with Crippen molar-refractivity contribution in [1.82, 2.24) is 4.90 Å². The van der Waals surface area contributed by atoms with E-state index in [0.717, 1.165) is 34.7 Å². The summed E-state index contributed by atoms with van der Waals surface area (Å²) in [6, 6.07) is 20.5. The Morgan fingerprint density at radius 2 is 1.84 bits per heavy atom. The number of hydrogen-bond donors (Lipinski definition) is 1. The van der Waals surface area contributed by atoms with E-state index in [1.54, 1.807) is 11.0 Å². The summed E-state index contributed by atoms with van der Waals surface area (Å²) in [6.45, 7) is 2.97. The van der Waals surface area contributed by atoms with Gasteiger partial charge in [-0.05, 0) is 42.2 Å². The molecule has 1 amide bonds. The van der Waals surface area contributed by atoms with Crippen LogP contribution in [0.5, 0.6) is 0 Å². The number of aliphatic hydroxyl groups excluding tert-OH is 1. The predicted octanol–water partition coefficient (Wildman–Crippen LogP) is 4.75. The average molecular weight is 428 g/mol. The van der Waals surface area contributed by atoms with Crippen molar-refractivity contribution in [2.24, 2.45) is 0 Å². The lowest BCUT2D eigenvalue weighted by Gasteiger charge is -2.27. The molecule has 5 heteroatoms. The van der Waals surface area contributed by atoms with Crippen LogP contribution in [0.3, 0.4) is 0 Å². The van der Waals surface area contributed by atoms with E-state index < -0.39 is 17.7 Å². The van der Waals surface area contributed by atoms with E-state index in [1.165, 1.54) is 0 Å². The molecule has 32 heavy (non-hydrogen) atoms. The summed E-state index contributed by atoms with van der Waals surface area (Å²) in [7, 11) is 0. The van der Waals surface area contributed by atoms with E-state index in [4.69, 9.17) is 4.74 Å². The predicted molar refractivity (Wildman–Crippen MR) is 123 cm³/mol. The summed E-state index contributed by atoms with van der Waals surface area (Å²) in [5.41, 5.74) is 2.49. The first-order valence-electron chi connectivity index (χ1n) is 11.0. The topological polar surface area (TPSA) is 66.8 Å². The molecule has 2 fully saturated rings. The Kier molecular flexibility index (Phi) is 5.27. The third-order valence-corrected chi connectivity index (χ3v) is 6.35. The van der Waals surface area contributed by atoms with Crippen molar-refractivity contribution in [1.29, 1.82) is 0 Å². The smallest absolute Gasteiger partial charge is 0.295 e. The molecule has 2 aliphatic rings. The Morgan fingerprint density at radius 3 is 2.59 bits per heavy atom. The normalized spacial score (nSPS) is 22.7. The van der Waals surface area contributed by atoms with Gasteiger partial charge in [0.15, 0.2) is 0 Å². The largest absolute Gasteiger partial charge is 0.507 e. The number of nitrogens with zero attached hydrogens (tertiary/aromatic N) is 1. The van der Waals surface area contributed by atoms with E-state index in [2.05, 4.69) is 0 Å². The van der Waals surface area contributed by atoms with Crippen LogP contribution in [0.15, 0.2) is 72.3 Å². The summed E-state index contributed by atoms with van der Waals surface area (Å²) in [6.07, 6.45) is 1.70. The Bertz CT molecular complexity index is 1240. The van der Waals surface area contributed by atoms with E-state index in [-0.39, 0.29) is 17.4 Å². The molecule has 1 N–H and O–H groups in total. The highest BCUT2D eigenvalue weighted by molar-refractivity contribution is 6.46. The van der Waals surface area contributed by atoms with Gasteiger partial charge in [0, 0.05) is 18.7 Å². The molecule has 3 aromatic rings. The van der Waals surface area contributed by atoms with Crippen molar-refractivity contribution in [3.05, 3.63) is 89.0 Å². The minimum absolute atomic E-state index is 0.0961. The number of ketones is 1. The highest BCUT2D eigenvalue weighted by Crippen LogP contribution is 2.40. The number of benzene rings is 3. The molecule has 0 aliphatic carbocycles. The molecule has 162 valence electrons. The van der Waals surface area contributed by atoms with Gasteiger partial charge in [-0.15, -0.1) is 0 Å². The van der Waals surface area contributed by atoms with Crippen LogP contribution in [-0.2, 0) is 14.3 Å². The first-order chi connectivity index (χ1) is 15.5. The summed E-state index contributed by atoms with van der Waals surface area (Å²) >= 11 is 0. The van der Waals surface area contributed by atoms with Crippen molar-refractivity contribution in [2.75, 3.05) is 13.2 Å². The van der Waals surface area contributed by atoms with Gasteiger partial charge in [-0.1, -0.05) is 66.2 Å². The lowest BCUT2D eigenvalue weighted by atomic mass is 9.93. The molecule has 5 rings (SSSR count). The number of carbonyl (C=O) groups is 2. The van der Waals surface area contributed by atoms with E-state index >= 15 is 0 Å². The average Bonchev–Trinajstić information content (AvgIpc) is 3.41. The van der Waals surface area contributed by atoms with Crippen LogP contribution in [0.4, 0.5) is 0 Å². The number of aryl methyl sites for hydroxylation is 1. The fraction of sp³-hybridized carbons (Fsp3) is 0.259. The van der Waals surface area contributed by atoms with Crippen LogP contribution in [0.1, 0.15) is 35.6 Å². The standard InChI is InChI=1S/C27H25NO4/c1-17-6-4-9-20(14-17)24-23(26(30)27(31)28(24)16-22-10-5-13-32-22)25(29)21-12-11-18-7-2-3-8-19(18)15-21/h2-4,6-9,11-12,14-15,22,24,29H,5,10,13,16H2,1H3/b25-23-. The Hall–Kier alpha value is -3.44. The highest BCUT2D eigenvalue weighted by atomic mass is 16.5. The summed E-state index contributed by atoms with van der Waals surface area (Å²) < 4.78 is 5.75. The molecule has 0 aromatic heterocycles. The maximum atomic E-state index is 13.2. The molecule has 3 aromatic carbocycles. The molecule has 2 aliphatic heterocycles. The third-order valence-electron chi connectivity index (χ3n) is 6.35. The van der Waals surface area contributed by atoms with E-state index in [1.807, 2.05) is 67.6 Å². The fourth-order valence-electron chi connectivity index (χ4n) is 4.75. The SMILES string of the molecule is Cc1cccc(C2/C(=C(/O)c3ccc4ccccc4c3)C(=O)C(=O)N2CC2CCCO2)c1. The van der Waals surface area contributed by atoms with Gasteiger partial charge in [0.1, 0.15) is 5.76 Å². The Balaban J connectivity index is 1.64. The van der Waals surface area contributed by atoms with Crippen molar-refractivity contribution in [2.45, 2.75) is 31.9 Å². The van der Waals surface area contributed by atoms with Crippen LogP contribution in [0.2, 0.25) is 0 Å². The van der Waals surface area contributed by atoms with Gasteiger partial charge < -0.3 is 14.7 Å². The number of Topliss-reactive ketones (excluding diaryl/α,β-unsaturated/α-hetero) is 1. The number of fused-ring (bicyclic) bond motifs is 1. The summed E-state index contributed by atoms with van der Waals surface area (Å²) in [4.78, 5) is 27.9. The van der Waals surface area contributed by atoms with Crippen LogP contribution >= 0.6 is 0 Å². The Morgan fingerprint density at radius 1 is 1.03 bits per heavy atom. The first kappa shape index (κ1) is 20.5. The van der Waals surface area contributed by atoms with Gasteiger partial charge in [-0.25, -0.2) is 0 Å². The van der Waals surface area contributed by atoms with Crippen molar-refractivity contribution in [3.63, 3.8) is 0 Å². The molecule has 0 radical (unpaired) electrons. The summed E-state index contributed by atoms with van der Waals surface area (Å²) in [5, 5.41) is 13.3. The minimum atomic E-state index is -0.653. The molecular formula is C27H25NO4. The number of likely N-dealkylation sites (tertiary alicyclic amines) is 1. The molecule has 2 heterocycles. The zero-order valence-corrected chi connectivity index (χ0v) is 18.0. The highest BCUT2D eigenvalue weighted by Gasteiger charge is 2.47. The molecule has 0 bridgehead atoms. The second-order valence-electron chi connectivity index (χ2n) is 8.56. The van der Waals surface area contributed by atoms with Gasteiger partial charge in [0.25, 0.3) is 11.7 Å². The van der Waals surface area contributed by atoms with Crippen LogP contribution in [0, 0.1) is 6.92 Å². The van der Waals surface area contributed by atoms with Crippen LogP contribution in [0.25, 0.3) is 16.5 Å². The molecule has 0 saturated carbocycles.